The molecule has 1 nitrogen and oxygen atoms in total. The fourth-order valence-electron chi connectivity index (χ4n) is 0. The second-order valence-electron chi connectivity index (χ2n) is 1.28. The predicted molar refractivity (Wildman–Crippen MR) is 36.6 cm³/mol. The summed E-state index contributed by atoms with van der Waals surface area (Å²) in [6.45, 7) is 5.94. The van der Waals surface area contributed by atoms with Gasteiger partial charge in [-0.1, -0.05) is 13.3 Å². The van der Waals surface area contributed by atoms with Crippen LogP contribution in [0.3, 0.4) is 0 Å². The Labute approximate surface area is 68.6 Å². The Balaban J connectivity index is -0.0000000575. The molecule has 0 N–H and O–H groups in total. The first-order valence-corrected chi connectivity index (χ1v) is 2.65. The molecule has 46 valence electrons. The van der Waals surface area contributed by atoms with Crippen molar-refractivity contribution in [1.29, 1.82) is 0 Å². The van der Waals surface area contributed by atoms with Crippen LogP contribution in [-0.2, 0) is 0 Å². The molecule has 0 amide bonds. The van der Waals surface area contributed by atoms with Gasteiger partial charge in [-0.2, -0.15) is 13.8 Å². The van der Waals surface area contributed by atoms with Crippen LogP contribution in [0.15, 0.2) is 0 Å². The van der Waals surface area contributed by atoms with E-state index >= 15 is 0 Å². The first-order valence-electron chi connectivity index (χ1n) is 2.65. The molecular formula is C6H14MgO. The van der Waals surface area contributed by atoms with Crippen molar-refractivity contribution in [1.82, 2.24) is 0 Å². The van der Waals surface area contributed by atoms with Gasteiger partial charge >= 0.3 is 23.1 Å². The van der Waals surface area contributed by atoms with E-state index in [9.17, 15) is 5.11 Å². The summed E-state index contributed by atoms with van der Waals surface area (Å²) in [5.41, 5.74) is 0. The van der Waals surface area contributed by atoms with Crippen LogP contribution < -0.4 is 5.11 Å². The first-order chi connectivity index (χ1) is 3.33. The smallest absolute Gasteiger partial charge is 0.854 e. The summed E-state index contributed by atoms with van der Waals surface area (Å²) in [7, 11) is 0. The standard InChI is InChI=1S/C3H7O.C3H7.Mg/c1-2-3-4;1-3-2;/h2-3H2,1H3;3H,1-2H3;/q2*-1;+2. The molecule has 0 saturated heterocycles. The van der Waals surface area contributed by atoms with Gasteiger partial charge in [-0.25, -0.2) is 0 Å². The Morgan fingerprint density at radius 3 is 1.50 bits per heavy atom. The zero-order chi connectivity index (χ0) is 6.12. The maximum atomic E-state index is 9.30. The molecule has 0 aliphatic rings. The van der Waals surface area contributed by atoms with E-state index in [1.165, 1.54) is 0 Å². The molecule has 2 heteroatoms. The third kappa shape index (κ3) is 74.0. The van der Waals surface area contributed by atoms with E-state index in [1.54, 1.807) is 0 Å². The van der Waals surface area contributed by atoms with Crippen LogP contribution in [0.2, 0.25) is 0 Å². The van der Waals surface area contributed by atoms with Gasteiger partial charge < -0.3 is 11.5 Å². The van der Waals surface area contributed by atoms with Crippen molar-refractivity contribution < 1.29 is 5.11 Å². The normalized spacial score (nSPS) is 6.00. The summed E-state index contributed by atoms with van der Waals surface area (Å²) >= 11 is 0. The zero-order valence-corrected chi connectivity index (χ0v) is 7.52. The zero-order valence-electron chi connectivity index (χ0n) is 6.11. The Hall–Kier alpha value is 0.726. The Kier molecular flexibility index (Phi) is 50.0. The van der Waals surface area contributed by atoms with Gasteiger partial charge in [-0.3, -0.25) is 0 Å². The van der Waals surface area contributed by atoms with Crippen molar-refractivity contribution in [3.63, 3.8) is 0 Å². The Bertz CT molecular complexity index is 16.0. The predicted octanol–water partition coefficient (Wildman–Crippen LogP) is 0.606. The summed E-state index contributed by atoms with van der Waals surface area (Å²) < 4.78 is 0. The van der Waals surface area contributed by atoms with Crippen molar-refractivity contribution in [3.05, 3.63) is 6.42 Å². The molecule has 0 atom stereocenters. The molecule has 0 bridgehead atoms. The third-order valence-electron chi connectivity index (χ3n) is 0.204. The summed E-state index contributed by atoms with van der Waals surface area (Å²) in [6, 6.07) is 0. The van der Waals surface area contributed by atoms with Crippen molar-refractivity contribution in [2.45, 2.75) is 27.2 Å². The van der Waals surface area contributed by atoms with Crippen molar-refractivity contribution in [2.24, 2.45) is 0 Å². The molecule has 0 aromatic rings. The van der Waals surface area contributed by atoms with Gasteiger partial charge in [0.2, 0.25) is 0 Å². The summed E-state index contributed by atoms with van der Waals surface area (Å²) in [5, 5.41) is 9.30. The second kappa shape index (κ2) is 25.2. The van der Waals surface area contributed by atoms with E-state index in [4.69, 9.17) is 0 Å². The Morgan fingerprint density at radius 2 is 1.50 bits per heavy atom. The van der Waals surface area contributed by atoms with Crippen LogP contribution in [0.4, 0.5) is 0 Å². The van der Waals surface area contributed by atoms with Gasteiger partial charge in [0.05, 0.1) is 0 Å². The number of rotatable bonds is 1. The molecule has 0 aliphatic heterocycles. The van der Waals surface area contributed by atoms with E-state index in [0.29, 0.717) is 0 Å². The SMILES string of the molecule is CCC[O-].C[CH-]C.[Mg+2]. The molecule has 0 aromatic carbocycles. The molecule has 8 heavy (non-hydrogen) atoms. The maximum absolute atomic E-state index is 9.30. The van der Waals surface area contributed by atoms with Gasteiger partial charge in [-0.05, 0) is 0 Å². The van der Waals surface area contributed by atoms with E-state index < -0.39 is 0 Å². The molecule has 0 spiro atoms. The van der Waals surface area contributed by atoms with Gasteiger partial charge in [-0.15, -0.1) is 6.61 Å². The van der Waals surface area contributed by atoms with Crippen LogP contribution >= 0.6 is 0 Å². The second-order valence-corrected chi connectivity index (χ2v) is 1.28. The van der Waals surface area contributed by atoms with Crippen LogP contribution in [0.5, 0.6) is 0 Å². The van der Waals surface area contributed by atoms with Gasteiger partial charge in [0, 0.05) is 0 Å². The van der Waals surface area contributed by atoms with Crippen molar-refractivity contribution in [3.8, 4) is 0 Å². The molecule has 0 saturated carbocycles. The minimum Gasteiger partial charge on any atom is -0.854 e. The molecule has 0 fully saturated rings. The average Bonchev–Trinajstić information content (AvgIpc) is 1.69. The maximum Gasteiger partial charge on any atom is 2.00 e. The van der Waals surface area contributed by atoms with Crippen molar-refractivity contribution in [2.75, 3.05) is 6.61 Å². The molecule has 0 aliphatic carbocycles. The number of hydrogen-bond donors (Lipinski definition) is 0. The van der Waals surface area contributed by atoms with Gasteiger partial charge in [0.15, 0.2) is 0 Å². The topological polar surface area (TPSA) is 23.1 Å². The molecule has 0 heterocycles. The molecule has 0 aromatic heterocycles. The van der Waals surface area contributed by atoms with E-state index in [1.807, 2.05) is 27.2 Å². The molecule has 0 radical (unpaired) electrons. The van der Waals surface area contributed by atoms with Crippen LogP contribution in [-0.4, -0.2) is 29.7 Å². The van der Waals surface area contributed by atoms with Crippen molar-refractivity contribution >= 4 is 23.1 Å². The average molecular weight is 126 g/mol. The summed E-state index contributed by atoms with van der Waals surface area (Å²) in [6.07, 6.45) is 2.76. The largest absolute Gasteiger partial charge is 2.00 e. The van der Waals surface area contributed by atoms with Crippen LogP contribution in [0, 0.1) is 6.42 Å². The Morgan fingerprint density at radius 1 is 1.38 bits per heavy atom. The summed E-state index contributed by atoms with van der Waals surface area (Å²) in [5.74, 6) is 0. The van der Waals surface area contributed by atoms with E-state index in [-0.39, 0.29) is 29.7 Å². The molecule has 0 unspecified atom stereocenters. The number of hydrogen-bond acceptors (Lipinski definition) is 1. The fourth-order valence-corrected chi connectivity index (χ4v) is 0. The quantitative estimate of drug-likeness (QED) is 0.373. The molecule has 0 rings (SSSR count). The van der Waals surface area contributed by atoms with Gasteiger partial charge in [0.25, 0.3) is 0 Å². The monoisotopic (exact) mass is 126 g/mol. The fraction of sp³-hybridized carbons (Fsp3) is 0.833. The first kappa shape index (κ1) is 15.9. The van der Waals surface area contributed by atoms with Gasteiger partial charge in [0.1, 0.15) is 0 Å². The van der Waals surface area contributed by atoms with E-state index in [0.717, 1.165) is 6.42 Å². The van der Waals surface area contributed by atoms with E-state index in [2.05, 4.69) is 0 Å². The minimum atomic E-state index is 0. The van der Waals surface area contributed by atoms with Crippen LogP contribution in [0.1, 0.15) is 27.2 Å². The molecular weight excluding hydrogens is 112 g/mol. The minimum absolute atomic E-state index is 0. The summed E-state index contributed by atoms with van der Waals surface area (Å²) in [4.78, 5) is 0. The third-order valence-corrected chi connectivity index (χ3v) is 0.204. The van der Waals surface area contributed by atoms with Crippen LogP contribution in [0.25, 0.3) is 0 Å².